The molecule has 0 saturated carbocycles. The second-order valence-electron chi connectivity index (χ2n) is 5.33. The summed E-state index contributed by atoms with van der Waals surface area (Å²) in [6.07, 6.45) is 0. The lowest BCUT2D eigenvalue weighted by Gasteiger charge is -2.12. The Bertz CT molecular complexity index is 912. The number of nitrogens with one attached hydrogen (secondary N) is 2. The summed E-state index contributed by atoms with van der Waals surface area (Å²) < 4.78 is 33.1. The molecule has 0 aromatic heterocycles. The highest BCUT2D eigenvalue weighted by Gasteiger charge is 2.21. The van der Waals surface area contributed by atoms with Crippen molar-refractivity contribution in [3.63, 3.8) is 0 Å². The number of ether oxygens (including phenoxy) is 1. The van der Waals surface area contributed by atoms with Crippen molar-refractivity contribution >= 4 is 33.2 Å². The van der Waals surface area contributed by atoms with Gasteiger partial charge in [0.25, 0.3) is 15.9 Å². The van der Waals surface area contributed by atoms with E-state index >= 15 is 0 Å². The monoisotopic (exact) mass is 366 g/mol. The van der Waals surface area contributed by atoms with E-state index in [0.717, 1.165) is 0 Å². The third kappa shape index (κ3) is 3.32. The molecule has 0 atom stereocenters. The smallest absolute Gasteiger partial charge is 0.262 e. The maximum absolute atomic E-state index is 12.6. The first-order chi connectivity index (χ1) is 11.4. The SMILES string of the molecule is Cc1ccc(Cl)cc1S(=O)(=O)Nc1ccc2c(c1)C(=O)NCCO2. The minimum Gasteiger partial charge on any atom is -0.491 e. The first kappa shape index (κ1) is 16.6. The van der Waals surface area contributed by atoms with Gasteiger partial charge in [0.2, 0.25) is 0 Å². The van der Waals surface area contributed by atoms with E-state index < -0.39 is 10.0 Å². The van der Waals surface area contributed by atoms with Crippen LogP contribution in [0.5, 0.6) is 5.75 Å². The number of fused-ring (bicyclic) bond motifs is 1. The molecule has 0 bridgehead atoms. The normalized spacial score (nSPS) is 14.2. The maximum atomic E-state index is 12.6. The van der Waals surface area contributed by atoms with Gasteiger partial charge >= 0.3 is 0 Å². The molecule has 2 aromatic rings. The summed E-state index contributed by atoms with van der Waals surface area (Å²) in [6, 6.07) is 9.22. The van der Waals surface area contributed by atoms with E-state index in [1.807, 2.05) is 0 Å². The van der Waals surface area contributed by atoms with Crippen LogP contribution in [0.3, 0.4) is 0 Å². The van der Waals surface area contributed by atoms with Gasteiger partial charge in [-0.3, -0.25) is 9.52 Å². The van der Waals surface area contributed by atoms with Crippen LogP contribution in [0.25, 0.3) is 0 Å². The second kappa shape index (κ2) is 6.33. The Balaban J connectivity index is 1.96. The third-order valence-corrected chi connectivity index (χ3v) is 5.32. The molecule has 0 fully saturated rings. The van der Waals surface area contributed by atoms with Gasteiger partial charge in [0, 0.05) is 10.7 Å². The fourth-order valence-corrected chi connectivity index (χ4v) is 3.95. The summed E-state index contributed by atoms with van der Waals surface area (Å²) in [5.41, 5.74) is 1.13. The molecule has 126 valence electrons. The van der Waals surface area contributed by atoms with Crippen LogP contribution in [0, 0.1) is 6.92 Å². The third-order valence-electron chi connectivity index (χ3n) is 3.56. The molecule has 2 N–H and O–H groups in total. The lowest BCUT2D eigenvalue weighted by molar-refractivity contribution is 0.0957. The molecule has 3 rings (SSSR count). The van der Waals surface area contributed by atoms with Crippen LogP contribution >= 0.6 is 11.6 Å². The fourth-order valence-electron chi connectivity index (χ4n) is 2.39. The van der Waals surface area contributed by atoms with Crippen LogP contribution < -0.4 is 14.8 Å². The minimum absolute atomic E-state index is 0.0886. The highest BCUT2D eigenvalue weighted by molar-refractivity contribution is 7.92. The van der Waals surface area contributed by atoms with Gasteiger partial charge in [0.15, 0.2) is 0 Å². The van der Waals surface area contributed by atoms with Crippen molar-refractivity contribution in [2.75, 3.05) is 17.9 Å². The van der Waals surface area contributed by atoms with Crippen LogP contribution in [0.2, 0.25) is 5.02 Å². The molecule has 6 nitrogen and oxygen atoms in total. The Labute approximate surface area is 144 Å². The Kier molecular flexibility index (Phi) is 4.38. The van der Waals surface area contributed by atoms with E-state index in [1.165, 1.54) is 12.1 Å². The number of anilines is 1. The van der Waals surface area contributed by atoms with Gasteiger partial charge in [-0.2, -0.15) is 0 Å². The molecule has 0 saturated heterocycles. The molecular formula is C16H15ClN2O4S. The first-order valence-corrected chi connectivity index (χ1v) is 9.07. The second-order valence-corrected chi connectivity index (χ2v) is 7.42. The van der Waals surface area contributed by atoms with Gasteiger partial charge in [-0.25, -0.2) is 8.42 Å². The highest BCUT2D eigenvalue weighted by atomic mass is 35.5. The molecule has 1 amide bonds. The molecule has 8 heteroatoms. The van der Waals surface area contributed by atoms with Gasteiger partial charge in [-0.15, -0.1) is 0 Å². The number of sulfonamides is 1. The van der Waals surface area contributed by atoms with E-state index in [2.05, 4.69) is 10.0 Å². The number of amides is 1. The van der Waals surface area contributed by atoms with E-state index in [1.54, 1.807) is 31.2 Å². The van der Waals surface area contributed by atoms with E-state index in [4.69, 9.17) is 16.3 Å². The van der Waals surface area contributed by atoms with Crippen LogP contribution in [0.15, 0.2) is 41.3 Å². The first-order valence-electron chi connectivity index (χ1n) is 7.21. The van der Waals surface area contributed by atoms with E-state index in [-0.39, 0.29) is 22.1 Å². The molecule has 24 heavy (non-hydrogen) atoms. The van der Waals surface area contributed by atoms with Gasteiger partial charge in [0.05, 0.1) is 17.0 Å². The summed E-state index contributed by atoms with van der Waals surface area (Å²) in [4.78, 5) is 12.1. The minimum atomic E-state index is -3.83. The van der Waals surface area contributed by atoms with Gasteiger partial charge in [-0.1, -0.05) is 17.7 Å². The van der Waals surface area contributed by atoms with Crippen LogP contribution in [0.4, 0.5) is 5.69 Å². The van der Waals surface area contributed by atoms with E-state index in [9.17, 15) is 13.2 Å². The summed E-state index contributed by atoms with van der Waals surface area (Å²) >= 11 is 5.90. The molecule has 0 radical (unpaired) electrons. The fraction of sp³-hybridized carbons (Fsp3) is 0.188. The quantitative estimate of drug-likeness (QED) is 0.874. The summed E-state index contributed by atoms with van der Waals surface area (Å²) in [5.74, 6) is 0.120. The number of hydrogen-bond acceptors (Lipinski definition) is 4. The number of aryl methyl sites for hydroxylation is 1. The lowest BCUT2D eigenvalue weighted by atomic mass is 10.1. The number of hydrogen-bond donors (Lipinski definition) is 2. The number of rotatable bonds is 3. The average molecular weight is 367 g/mol. The Hall–Kier alpha value is -2.25. The number of carbonyl (C=O) groups is 1. The largest absolute Gasteiger partial charge is 0.491 e. The lowest BCUT2D eigenvalue weighted by Crippen LogP contribution is -2.24. The van der Waals surface area contributed by atoms with Crippen LogP contribution in [0.1, 0.15) is 15.9 Å². The van der Waals surface area contributed by atoms with Gasteiger partial charge < -0.3 is 10.1 Å². The predicted molar refractivity (Wildman–Crippen MR) is 91.3 cm³/mol. The molecular weight excluding hydrogens is 352 g/mol. The highest BCUT2D eigenvalue weighted by Crippen LogP contribution is 2.27. The van der Waals surface area contributed by atoms with Crippen molar-refractivity contribution in [3.8, 4) is 5.75 Å². The number of halogens is 1. The van der Waals surface area contributed by atoms with Gasteiger partial charge in [0.1, 0.15) is 12.4 Å². The molecule has 0 spiro atoms. The van der Waals surface area contributed by atoms with Crippen molar-refractivity contribution in [2.45, 2.75) is 11.8 Å². The van der Waals surface area contributed by atoms with Gasteiger partial charge in [-0.05, 0) is 42.8 Å². The summed E-state index contributed by atoms with van der Waals surface area (Å²) in [5, 5.41) is 3.01. The molecule has 0 aliphatic carbocycles. The summed E-state index contributed by atoms with van der Waals surface area (Å²) in [7, 11) is -3.83. The number of carbonyl (C=O) groups excluding carboxylic acids is 1. The van der Waals surface area contributed by atoms with Crippen LogP contribution in [-0.2, 0) is 10.0 Å². The standard InChI is InChI=1S/C16H15ClN2O4S/c1-10-2-3-11(17)8-15(10)24(21,22)19-12-4-5-14-13(9-12)16(20)18-6-7-23-14/h2-5,8-9,19H,6-7H2,1H3,(H,18,20). The Morgan fingerprint density at radius 3 is 2.79 bits per heavy atom. The van der Waals surface area contributed by atoms with Crippen LogP contribution in [-0.4, -0.2) is 27.5 Å². The van der Waals surface area contributed by atoms with Crippen molar-refractivity contribution in [1.29, 1.82) is 0 Å². The number of benzene rings is 2. The molecule has 1 aliphatic rings. The van der Waals surface area contributed by atoms with Crippen molar-refractivity contribution in [1.82, 2.24) is 5.32 Å². The zero-order valence-electron chi connectivity index (χ0n) is 12.8. The van der Waals surface area contributed by atoms with Crippen molar-refractivity contribution < 1.29 is 17.9 Å². The average Bonchev–Trinajstić information content (AvgIpc) is 2.71. The summed E-state index contributed by atoms with van der Waals surface area (Å²) in [6.45, 7) is 2.45. The maximum Gasteiger partial charge on any atom is 0.262 e. The molecule has 1 heterocycles. The van der Waals surface area contributed by atoms with E-state index in [0.29, 0.717) is 29.5 Å². The molecule has 2 aromatic carbocycles. The zero-order valence-corrected chi connectivity index (χ0v) is 14.4. The Morgan fingerprint density at radius 2 is 2.00 bits per heavy atom. The predicted octanol–water partition coefficient (Wildman–Crippen LogP) is 2.57. The Morgan fingerprint density at radius 1 is 1.21 bits per heavy atom. The topological polar surface area (TPSA) is 84.5 Å². The van der Waals surface area contributed by atoms with Crippen molar-refractivity contribution in [3.05, 3.63) is 52.5 Å². The molecule has 1 aliphatic heterocycles. The zero-order chi connectivity index (χ0) is 17.3. The molecule has 0 unspecified atom stereocenters. The van der Waals surface area contributed by atoms with Crippen molar-refractivity contribution in [2.24, 2.45) is 0 Å².